The number of hydrogen-bond acceptors (Lipinski definition) is 3. The highest BCUT2D eigenvalue weighted by molar-refractivity contribution is 5.88. The van der Waals surface area contributed by atoms with Gasteiger partial charge in [0, 0.05) is 12.1 Å². The molecule has 0 radical (unpaired) electrons. The van der Waals surface area contributed by atoms with Crippen LogP contribution in [-0.2, 0) is 16.6 Å². The number of ether oxygens (including phenoxy) is 1. The minimum atomic E-state index is -0.955. The zero-order valence-corrected chi connectivity index (χ0v) is 14.7. The van der Waals surface area contributed by atoms with E-state index in [1.54, 1.807) is 25.3 Å². The molecule has 5 heteroatoms. The third-order valence-electron chi connectivity index (χ3n) is 4.22. The molecule has 0 aliphatic rings. The maximum absolute atomic E-state index is 12.6. The Morgan fingerprint density at radius 1 is 1.12 bits per heavy atom. The Hall–Kier alpha value is -2.82. The number of nitrogens with one attached hydrogen (secondary N) is 1. The van der Waals surface area contributed by atoms with Crippen molar-refractivity contribution in [3.63, 3.8) is 0 Å². The summed E-state index contributed by atoms with van der Waals surface area (Å²) in [6.07, 6.45) is 0.564. The van der Waals surface area contributed by atoms with Gasteiger partial charge in [0.05, 0.1) is 18.1 Å². The number of amides is 1. The number of methoxy groups -OCH3 is 1. The van der Waals surface area contributed by atoms with Crippen molar-refractivity contribution in [1.82, 2.24) is 5.32 Å². The summed E-state index contributed by atoms with van der Waals surface area (Å²) in [4.78, 5) is 23.6. The Morgan fingerprint density at radius 3 is 2.52 bits per heavy atom. The number of carboxylic acids is 1. The molecule has 1 amide bonds. The van der Waals surface area contributed by atoms with E-state index in [0.717, 1.165) is 11.1 Å². The molecule has 0 fully saturated rings. The van der Waals surface area contributed by atoms with E-state index in [1.807, 2.05) is 44.2 Å². The van der Waals surface area contributed by atoms with Crippen LogP contribution in [-0.4, -0.2) is 30.6 Å². The molecular formula is C20H23NO4. The number of hydrogen-bond donors (Lipinski definition) is 2. The minimum Gasteiger partial charge on any atom is -0.496 e. The van der Waals surface area contributed by atoms with Crippen LogP contribution in [0, 0.1) is 0 Å². The van der Waals surface area contributed by atoms with Crippen LogP contribution in [0.1, 0.15) is 35.3 Å². The van der Waals surface area contributed by atoms with E-state index in [1.165, 1.54) is 0 Å². The first-order valence-corrected chi connectivity index (χ1v) is 8.10. The highest BCUT2D eigenvalue weighted by Gasteiger charge is 2.32. The summed E-state index contributed by atoms with van der Waals surface area (Å²) in [7, 11) is 1.59. The van der Waals surface area contributed by atoms with Gasteiger partial charge in [-0.15, -0.1) is 0 Å². The largest absolute Gasteiger partial charge is 0.496 e. The third-order valence-corrected chi connectivity index (χ3v) is 4.22. The number of carbonyl (C=O) groups excluding carboxylic acids is 1. The number of carbonyl (C=O) groups is 2. The maximum atomic E-state index is 12.6. The smallest absolute Gasteiger partial charge is 0.335 e. The average molecular weight is 341 g/mol. The Kier molecular flexibility index (Phi) is 5.80. The molecule has 0 aliphatic heterocycles. The van der Waals surface area contributed by atoms with Gasteiger partial charge in [0.1, 0.15) is 5.75 Å². The van der Waals surface area contributed by atoms with Gasteiger partial charge in [-0.3, -0.25) is 4.79 Å². The van der Waals surface area contributed by atoms with Crippen molar-refractivity contribution in [2.45, 2.75) is 25.7 Å². The van der Waals surface area contributed by atoms with Gasteiger partial charge < -0.3 is 15.2 Å². The topological polar surface area (TPSA) is 75.6 Å². The highest BCUT2D eigenvalue weighted by atomic mass is 16.5. The molecular weight excluding hydrogens is 318 g/mol. The fraction of sp³-hybridized carbons (Fsp3) is 0.300. The van der Waals surface area contributed by atoms with Crippen molar-refractivity contribution < 1.29 is 19.4 Å². The van der Waals surface area contributed by atoms with E-state index in [9.17, 15) is 9.59 Å². The van der Waals surface area contributed by atoms with E-state index in [-0.39, 0.29) is 11.5 Å². The minimum absolute atomic E-state index is 0.105. The van der Waals surface area contributed by atoms with Gasteiger partial charge in [-0.2, -0.15) is 0 Å². The lowest BCUT2D eigenvalue weighted by atomic mass is 9.83. The zero-order valence-electron chi connectivity index (χ0n) is 14.7. The molecule has 2 rings (SSSR count). The van der Waals surface area contributed by atoms with Crippen molar-refractivity contribution in [1.29, 1.82) is 0 Å². The van der Waals surface area contributed by atoms with Crippen LogP contribution in [0.2, 0.25) is 0 Å². The Morgan fingerprint density at radius 2 is 1.84 bits per heavy atom. The molecule has 0 unspecified atom stereocenters. The molecule has 0 aliphatic carbocycles. The van der Waals surface area contributed by atoms with Crippen LogP contribution in [0.15, 0.2) is 48.5 Å². The van der Waals surface area contributed by atoms with Crippen LogP contribution in [0.25, 0.3) is 0 Å². The quantitative estimate of drug-likeness (QED) is 0.812. The SMILES string of the molecule is COc1ccccc1C(C)(C)C(=O)NCCc1cccc(C(=O)O)c1. The summed E-state index contributed by atoms with van der Waals surface area (Å²) in [5.74, 6) is -0.383. The first-order valence-electron chi connectivity index (χ1n) is 8.10. The van der Waals surface area contributed by atoms with E-state index in [2.05, 4.69) is 5.32 Å². The molecule has 0 saturated heterocycles. The van der Waals surface area contributed by atoms with E-state index in [4.69, 9.17) is 9.84 Å². The molecule has 0 saturated carbocycles. The summed E-state index contributed by atoms with van der Waals surface area (Å²) < 4.78 is 5.36. The van der Waals surface area contributed by atoms with Gasteiger partial charge in [-0.1, -0.05) is 30.3 Å². The molecule has 2 aromatic rings. The summed E-state index contributed by atoms with van der Waals surface area (Å²) in [5.41, 5.74) is 1.20. The zero-order chi connectivity index (χ0) is 18.4. The highest BCUT2D eigenvalue weighted by Crippen LogP contribution is 2.31. The molecule has 132 valence electrons. The normalized spacial score (nSPS) is 11.0. The van der Waals surface area contributed by atoms with Crippen LogP contribution < -0.4 is 10.1 Å². The number of carboxylic acid groups (broad SMARTS) is 1. The first-order chi connectivity index (χ1) is 11.9. The Balaban J connectivity index is 2.02. The average Bonchev–Trinajstić information content (AvgIpc) is 2.61. The maximum Gasteiger partial charge on any atom is 0.335 e. The molecule has 0 spiro atoms. The molecule has 25 heavy (non-hydrogen) atoms. The van der Waals surface area contributed by atoms with E-state index in [0.29, 0.717) is 18.7 Å². The summed E-state index contributed by atoms with van der Waals surface area (Å²) >= 11 is 0. The van der Waals surface area contributed by atoms with Crippen molar-refractivity contribution >= 4 is 11.9 Å². The Labute approximate surface area is 147 Å². The second-order valence-corrected chi connectivity index (χ2v) is 6.34. The van der Waals surface area contributed by atoms with Gasteiger partial charge in [-0.25, -0.2) is 4.79 Å². The lowest BCUT2D eigenvalue weighted by Crippen LogP contribution is -2.41. The first kappa shape index (κ1) is 18.5. The predicted octanol–water partition coefficient (Wildman–Crippen LogP) is 3.03. The molecule has 5 nitrogen and oxygen atoms in total. The van der Waals surface area contributed by atoms with Gasteiger partial charge in [-0.05, 0) is 44.0 Å². The molecule has 0 aromatic heterocycles. The van der Waals surface area contributed by atoms with Crippen molar-refractivity contribution in [2.75, 3.05) is 13.7 Å². The second-order valence-electron chi connectivity index (χ2n) is 6.34. The Bertz CT molecular complexity index is 768. The summed E-state index contributed by atoms with van der Waals surface area (Å²) in [6, 6.07) is 14.2. The number of para-hydroxylation sites is 1. The summed E-state index contributed by atoms with van der Waals surface area (Å²) in [5, 5.41) is 12.0. The number of aromatic carboxylic acids is 1. The second kappa shape index (κ2) is 7.83. The summed E-state index contributed by atoms with van der Waals surface area (Å²) in [6.45, 7) is 4.14. The fourth-order valence-electron chi connectivity index (χ4n) is 2.68. The standard InChI is InChI=1S/C20H23NO4/c1-20(2,16-9-4-5-10-17(16)25-3)19(24)21-12-11-14-7-6-8-15(13-14)18(22)23/h4-10,13H,11-12H2,1-3H3,(H,21,24)(H,22,23). The van der Waals surface area contributed by atoms with E-state index < -0.39 is 11.4 Å². The monoisotopic (exact) mass is 341 g/mol. The van der Waals surface area contributed by atoms with Gasteiger partial charge in [0.2, 0.25) is 5.91 Å². The van der Waals surface area contributed by atoms with Gasteiger partial charge in [0.15, 0.2) is 0 Å². The number of rotatable bonds is 7. The van der Waals surface area contributed by atoms with Gasteiger partial charge in [0.25, 0.3) is 0 Å². The van der Waals surface area contributed by atoms with Crippen LogP contribution in [0.5, 0.6) is 5.75 Å². The fourth-order valence-corrected chi connectivity index (χ4v) is 2.68. The van der Waals surface area contributed by atoms with Crippen molar-refractivity contribution in [2.24, 2.45) is 0 Å². The molecule has 0 heterocycles. The van der Waals surface area contributed by atoms with Crippen LogP contribution >= 0.6 is 0 Å². The lowest BCUT2D eigenvalue weighted by molar-refractivity contribution is -0.125. The van der Waals surface area contributed by atoms with Crippen LogP contribution in [0.4, 0.5) is 0 Å². The molecule has 2 aromatic carbocycles. The molecule has 0 atom stereocenters. The molecule has 0 bridgehead atoms. The van der Waals surface area contributed by atoms with E-state index >= 15 is 0 Å². The van der Waals surface area contributed by atoms with Gasteiger partial charge >= 0.3 is 5.97 Å². The van der Waals surface area contributed by atoms with Crippen LogP contribution in [0.3, 0.4) is 0 Å². The number of benzene rings is 2. The third kappa shape index (κ3) is 4.38. The van der Waals surface area contributed by atoms with Crippen molar-refractivity contribution in [3.05, 3.63) is 65.2 Å². The van der Waals surface area contributed by atoms with Crippen molar-refractivity contribution in [3.8, 4) is 5.75 Å². The molecule has 2 N–H and O–H groups in total. The predicted molar refractivity (Wildman–Crippen MR) is 96.1 cm³/mol. The lowest BCUT2D eigenvalue weighted by Gasteiger charge is -2.26.